The highest BCUT2D eigenvalue weighted by Gasteiger charge is 2.36. The number of alkyl halides is 9. The lowest BCUT2D eigenvalue weighted by atomic mass is 10.1. The molecule has 156 valence electrons. The van der Waals surface area contributed by atoms with Gasteiger partial charge in [-0.25, -0.2) is 0 Å². The predicted molar refractivity (Wildman–Crippen MR) is 84.7 cm³/mol. The Kier molecular flexibility index (Phi) is 6.06. The second-order valence-corrected chi connectivity index (χ2v) is 6.01. The average molecular weight is 426 g/mol. The van der Waals surface area contributed by atoms with Crippen LogP contribution >= 0.6 is 0 Å². The Hall–Kier alpha value is -2.90. The summed E-state index contributed by atoms with van der Waals surface area (Å²) < 4.78 is 117. The maximum atomic E-state index is 13.1. The molecule has 0 saturated heterocycles. The van der Waals surface area contributed by atoms with Crippen LogP contribution in [-0.2, 0) is 18.9 Å². The fourth-order valence-corrected chi connectivity index (χ4v) is 2.58. The summed E-state index contributed by atoms with van der Waals surface area (Å²) >= 11 is 0. The highest BCUT2D eigenvalue weighted by atomic mass is 19.4. The smallest absolute Gasteiger partial charge is 0.358 e. The molecule has 2 nitrogen and oxygen atoms in total. The summed E-state index contributed by atoms with van der Waals surface area (Å²) in [5.41, 5.74) is -4.04. The first-order valence-corrected chi connectivity index (χ1v) is 7.80. The van der Waals surface area contributed by atoms with Gasteiger partial charge in [-0.05, 0) is 35.9 Å². The number of halogens is 9. The number of nitriles is 1. The molecule has 0 aliphatic rings. The average Bonchev–Trinajstić information content (AvgIpc) is 2.58. The van der Waals surface area contributed by atoms with Crippen LogP contribution in [0.1, 0.15) is 22.3 Å². The second-order valence-electron chi connectivity index (χ2n) is 6.01. The van der Waals surface area contributed by atoms with E-state index in [9.17, 15) is 39.5 Å². The predicted octanol–water partition coefficient (Wildman–Crippen LogP) is 6.16. The molecule has 0 amide bonds. The summed E-state index contributed by atoms with van der Waals surface area (Å²) in [6.07, 6.45) is -14.6. The molecule has 0 fully saturated rings. The molecule has 2 aromatic rings. The maximum Gasteiger partial charge on any atom is 0.417 e. The quantitative estimate of drug-likeness (QED) is 0.548. The molecule has 2 aromatic carbocycles. The zero-order valence-electron chi connectivity index (χ0n) is 14.3. The first-order chi connectivity index (χ1) is 13.2. The minimum absolute atomic E-state index is 0.179. The fourth-order valence-electron chi connectivity index (χ4n) is 2.58. The maximum absolute atomic E-state index is 13.1. The van der Waals surface area contributed by atoms with Crippen molar-refractivity contribution in [3.63, 3.8) is 0 Å². The summed E-state index contributed by atoms with van der Waals surface area (Å²) in [6.45, 7) is -2.43. The van der Waals surface area contributed by atoms with Crippen LogP contribution in [0, 0.1) is 11.3 Å². The van der Waals surface area contributed by atoms with Gasteiger partial charge in [-0.15, -0.1) is 0 Å². The minimum Gasteiger partial charge on any atom is -0.358 e. The molecule has 0 saturated carbocycles. The summed E-state index contributed by atoms with van der Waals surface area (Å²) in [4.78, 5) is 0.464. The van der Waals surface area contributed by atoms with E-state index < -0.39 is 54.0 Å². The molecular formula is C18H11F9N2. The first-order valence-electron chi connectivity index (χ1n) is 7.80. The van der Waals surface area contributed by atoms with Gasteiger partial charge in [0.05, 0.1) is 22.8 Å². The first kappa shape index (κ1) is 22.4. The van der Waals surface area contributed by atoms with E-state index in [4.69, 9.17) is 5.26 Å². The summed E-state index contributed by atoms with van der Waals surface area (Å²) in [5.74, 6) is 0. The zero-order valence-corrected chi connectivity index (χ0v) is 14.3. The van der Waals surface area contributed by atoms with Crippen molar-refractivity contribution in [1.82, 2.24) is 0 Å². The number of hydrogen-bond acceptors (Lipinski definition) is 2. The van der Waals surface area contributed by atoms with E-state index in [1.54, 1.807) is 0 Å². The summed E-state index contributed by atoms with van der Waals surface area (Å²) in [7, 11) is 0. The van der Waals surface area contributed by atoms with Gasteiger partial charge in [0.15, 0.2) is 0 Å². The topological polar surface area (TPSA) is 27.0 Å². The van der Waals surface area contributed by atoms with Crippen molar-refractivity contribution >= 4 is 5.69 Å². The molecule has 0 bridgehead atoms. The summed E-state index contributed by atoms with van der Waals surface area (Å²) in [5, 5.41) is 8.79. The Labute approximate surface area is 158 Å². The van der Waals surface area contributed by atoms with E-state index >= 15 is 0 Å². The van der Waals surface area contributed by atoms with Crippen LogP contribution in [0.4, 0.5) is 45.2 Å². The van der Waals surface area contributed by atoms with E-state index in [-0.39, 0.29) is 5.56 Å². The van der Waals surface area contributed by atoms with Crippen LogP contribution in [0.25, 0.3) is 0 Å². The van der Waals surface area contributed by atoms with Crippen molar-refractivity contribution in [2.24, 2.45) is 0 Å². The van der Waals surface area contributed by atoms with E-state index in [1.807, 2.05) is 0 Å². The van der Waals surface area contributed by atoms with Crippen molar-refractivity contribution in [3.8, 4) is 6.07 Å². The zero-order chi connectivity index (χ0) is 22.0. The van der Waals surface area contributed by atoms with Gasteiger partial charge < -0.3 is 4.90 Å². The molecular weight excluding hydrogens is 415 g/mol. The molecule has 29 heavy (non-hydrogen) atoms. The fraction of sp³-hybridized carbons (Fsp3) is 0.278. The van der Waals surface area contributed by atoms with Crippen LogP contribution in [-0.4, -0.2) is 12.7 Å². The third-order valence-corrected chi connectivity index (χ3v) is 3.79. The Balaban J connectivity index is 2.49. The number of rotatable bonds is 4. The standard InChI is InChI=1S/C18H11F9N2/c19-16(20,21)10-29(9-11-2-1-3-13(6-11)17(22,23)24)14-5-4-12(8-28)15(7-14)18(25,26)27/h1-7H,9-10H2. The molecule has 0 radical (unpaired) electrons. The van der Waals surface area contributed by atoms with Gasteiger partial charge in [0.1, 0.15) is 6.54 Å². The lowest BCUT2D eigenvalue weighted by Crippen LogP contribution is -2.34. The lowest BCUT2D eigenvalue weighted by molar-refractivity contribution is -0.138. The SMILES string of the molecule is N#Cc1ccc(N(Cc2cccc(C(F)(F)F)c2)CC(F)(F)F)cc1C(F)(F)F. The molecule has 0 aliphatic carbocycles. The Morgan fingerprint density at radius 3 is 2.00 bits per heavy atom. The monoisotopic (exact) mass is 426 g/mol. The van der Waals surface area contributed by atoms with Crippen molar-refractivity contribution in [3.05, 3.63) is 64.7 Å². The largest absolute Gasteiger partial charge is 0.417 e. The normalized spacial score (nSPS) is 12.6. The van der Waals surface area contributed by atoms with Crippen LogP contribution in [0.2, 0.25) is 0 Å². The van der Waals surface area contributed by atoms with Crippen LogP contribution in [0.3, 0.4) is 0 Å². The molecule has 0 heterocycles. The molecule has 0 atom stereocenters. The van der Waals surface area contributed by atoms with Gasteiger partial charge in [-0.3, -0.25) is 0 Å². The van der Waals surface area contributed by atoms with E-state index in [2.05, 4.69) is 0 Å². The minimum atomic E-state index is -5.00. The molecule has 0 aliphatic heterocycles. The molecule has 0 N–H and O–H groups in total. The number of anilines is 1. The number of nitrogens with zero attached hydrogens (tertiary/aromatic N) is 2. The molecule has 2 rings (SSSR count). The van der Waals surface area contributed by atoms with Crippen LogP contribution in [0.5, 0.6) is 0 Å². The van der Waals surface area contributed by atoms with Crippen molar-refractivity contribution < 1.29 is 39.5 Å². The van der Waals surface area contributed by atoms with Gasteiger partial charge in [0.25, 0.3) is 0 Å². The third kappa shape index (κ3) is 6.04. The third-order valence-electron chi connectivity index (χ3n) is 3.79. The molecule has 11 heteroatoms. The van der Waals surface area contributed by atoms with Gasteiger partial charge >= 0.3 is 18.5 Å². The highest BCUT2D eigenvalue weighted by Crippen LogP contribution is 2.36. The Morgan fingerprint density at radius 1 is 0.828 bits per heavy atom. The van der Waals surface area contributed by atoms with Crippen molar-refractivity contribution in [1.29, 1.82) is 5.26 Å². The molecule has 0 spiro atoms. The number of benzene rings is 2. The van der Waals surface area contributed by atoms with Crippen LogP contribution < -0.4 is 4.90 Å². The van der Waals surface area contributed by atoms with Gasteiger partial charge in [-0.1, -0.05) is 12.1 Å². The van der Waals surface area contributed by atoms with Gasteiger partial charge in [0.2, 0.25) is 0 Å². The Morgan fingerprint density at radius 2 is 1.48 bits per heavy atom. The van der Waals surface area contributed by atoms with Gasteiger partial charge in [-0.2, -0.15) is 44.8 Å². The Bertz CT molecular complexity index is 905. The van der Waals surface area contributed by atoms with E-state index in [0.29, 0.717) is 23.1 Å². The van der Waals surface area contributed by atoms with E-state index in [1.165, 1.54) is 6.07 Å². The molecule has 0 unspecified atom stereocenters. The van der Waals surface area contributed by atoms with Crippen molar-refractivity contribution in [2.75, 3.05) is 11.4 Å². The highest BCUT2D eigenvalue weighted by molar-refractivity contribution is 5.55. The van der Waals surface area contributed by atoms with E-state index in [0.717, 1.165) is 24.3 Å². The second kappa shape index (κ2) is 7.85. The van der Waals surface area contributed by atoms with Crippen LogP contribution in [0.15, 0.2) is 42.5 Å². The van der Waals surface area contributed by atoms with Crippen molar-refractivity contribution in [2.45, 2.75) is 25.1 Å². The summed E-state index contributed by atoms with van der Waals surface area (Å²) in [6, 6.07) is 6.74. The number of hydrogen-bond donors (Lipinski definition) is 0. The van der Waals surface area contributed by atoms with Gasteiger partial charge in [0, 0.05) is 12.2 Å². The molecule has 0 aromatic heterocycles. The lowest BCUT2D eigenvalue weighted by Gasteiger charge is -2.27.